The maximum Gasteiger partial charge on any atom is 0.302 e. The van der Waals surface area contributed by atoms with Crippen LogP contribution in [-0.4, -0.2) is 28.9 Å². The Morgan fingerprint density at radius 3 is 2.72 bits per heavy atom. The summed E-state index contributed by atoms with van der Waals surface area (Å²) in [5.74, 6) is -1.34. The number of furan rings is 1. The first-order valence-corrected chi connectivity index (χ1v) is 10.7. The molecule has 1 unspecified atom stereocenters. The fraction of sp³-hybridized carbons (Fsp3) is 0.0870. The highest BCUT2D eigenvalue weighted by atomic mass is 35.5. The maximum atomic E-state index is 13.1. The monoisotopic (exact) mass is 466 g/mol. The number of carbonyl (C=O) groups excluding carboxylic acids is 2. The van der Waals surface area contributed by atoms with Gasteiger partial charge in [0.2, 0.25) is 0 Å². The van der Waals surface area contributed by atoms with Crippen molar-refractivity contribution in [3.63, 3.8) is 0 Å². The number of hydrogen-bond donors (Lipinski definition) is 1. The number of anilines is 1. The molecule has 5 rings (SSSR count). The SMILES string of the molecule is COc1cc(/C(O)=C2\C(=O)C(=O)N(c3nc4ccccc4s3)C2c2ccco2)ccc1Cl. The third-order valence-electron chi connectivity index (χ3n) is 5.17. The summed E-state index contributed by atoms with van der Waals surface area (Å²) < 4.78 is 11.6. The predicted molar refractivity (Wildman–Crippen MR) is 121 cm³/mol. The number of ketones is 1. The van der Waals surface area contributed by atoms with Crippen LogP contribution < -0.4 is 9.64 Å². The highest BCUT2D eigenvalue weighted by Gasteiger charge is 2.49. The van der Waals surface area contributed by atoms with Crippen molar-refractivity contribution in [2.75, 3.05) is 12.0 Å². The third-order valence-corrected chi connectivity index (χ3v) is 6.52. The Balaban J connectivity index is 1.71. The largest absolute Gasteiger partial charge is 0.507 e. The van der Waals surface area contributed by atoms with Gasteiger partial charge in [-0.2, -0.15) is 0 Å². The van der Waals surface area contributed by atoms with E-state index < -0.39 is 17.7 Å². The van der Waals surface area contributed by atoms with Crippen molar-refractivity contribution in [1.82, 2.24) is 4.98 Å². The number of rotatable bonds is 4. The Hall–Kier alpha value is -3.62. The van der Waals surface area contributed by atoms with E-state index in [0.29, 0.717) is 27.2 Å². The number of halogens is 1. The summed E-state index contributed by atoms with van der Waals surface area (Å²) in [4.78, 5) is 32.0. The molecule has 0 radical (unpaired) electrons. The van der Waals surface area contributed by atoms with Gasteiger partial charge < -0.3 is 14.3 Å². The second-order valence-corrected chi connectivity index (χ2v) is 8.41. The Morgan fingerprint density at radius 2 is 2.00 bits per heavy atom. The number of benzene rings is 2. The zero-order valence-electron chi connectivity index (χ0n) is 16.6. The number of carbonyl (C=O) groups is 2. The molecule has 7 nitrogen and oxygen atoms in total. The highest BCUT2D eigenvalue weighted by Crippen LogP contribution is 2.44. The van der Waals surface area contributed by atoms with Gasteiger partial charge in [0.25, 0.3) is 5.78 Å². The summed E-state index contributed by atoms with van der Waals surface area (Å²) >= 11 is 7.37. The van der Waals surface area contributed by atoms with Gasteiger partial charge in [0.15, 0.2) is 5.13 Å². The van der Waals surface area contributed by atoms with Crippen LogP contribution in [0.2, 0.25) is 5.02 Å². The van der Waals surface area contributed by atoms with Crippen LogP contribution in [0.25, 0.3) is 16.0 Å². The average Bonchev–Trinajstić information content (AvgIpc) is 3.52. The molecule has 1 amide bonds. The van der Waals surface area contributed by atoms with Gasteiger partial charge in [0, 0.05) is 5.56 Å². The number of methoxy groups -OCH3 is 1. The lowest BCUT2D eigenvalue weighted by Crippen LogP contribution is -2.29. The Labute approximate surface area is 191 Å². The Morgan fingerprint density at radius 1 is 1.19 bits per heavy atom. The molecule has 0 saturated carbocycles. The first-order valence-electron chi connectivity index (χ1n) is 9.53. The van der Waals surface area contributed by atoms with Gasteiger partial charge in [-0.05, 0) is 42.5 Å². The number of Topliss-reactive ketones (excluding diaryl/α,β-unsaturated/α-hetero) is 1. The number of thiazole rings is 1. The number of aromatic nitrogens is 1. The smallest absolute Gasteiger partial charge is 0.302 e. The van der Waals surface area contributed by atoms with E-state index in [2.05, 4.69) is 4.98 Å². The van der Waals surface area contributed by atoms with E-state index in [1.807, 2.05) is 24.3 Å². The molecule has 1 fully saturated rings. The van der Waals surface area contributed by atoms with Crippen LogP contribution >= 0.6 is 22.9 Å². The fourth-order valence-electron chi connectivity index (χ4n) is 3.67. The molecule has 1 aliphatic heterocycles. The molecule has 32 heavy (non-hydrogen) atoms. The van der Waals surface area contributed by atoms with Gasteiger partial charge >= 0.3 is 5.91 Å². The molecule has 1 saturated heterocycles. The molecule has 0 bridgehead atoms. The topological polar surface area (TPSA) is 92.9 Å². The fourth-order valence-corrected chi connectivity index (χ4v) is 4.86. The number of fused-ring (bicyclic) bond motifs is 1. The van der Waals surface area contributed by atoms with Gasteiger partial charge in [-0.15, -0.1) is 0 Å². The van der Waals surface area contributed by atoms with Crippen molar-refractivity contribution in [2.45, 2.75) is 6.04 Å². The minimum absolute atomic E-state index is 0.103. The minimum atomic E-state index is -0.979. The van der Waals surface area contributed by atoms with Crippen molar-refractivity contribution < 1.29 is 23.8 Å². The molecule has 4 aromatic rings. The standard InChI is InChI=1S/C23H15ClN2O5S/c1-30-16-11-12(8-9-13(16)24)20(27)18-19(15-6-4-10-31-15)26(22(29)21(18)28)23-25-14-5-2-3-7-17(14)32-23/h2-11,19,27H,1H3/b20-18+. The van der Waals surface area contributed by atoms with E-state index in [1.54, 1.807) is 24.3 Å². The minimum Gasteiger partial charge on any atom is -0.507 e. The van der Waals surface area contributed by atoms with Crippen molar-refractivity contribution in [3.05, 3.63) is 82.8 Å². The normalized spacial score (nSPS) is 17.9. The zero-order valence-corrected chi connectivity index (χ0v) is 18.2. The third kappa shape index (κ3) is 3.16. The molecule has 9 heteroatoms. The molecule has 1 atom stereocenters. The zero-order chi connectivity index (χ0) is 22.4. The highest BCUT2D eigenvalue weighted by molar-refractivity contribution is 7.22. The summed E-state index contributed by atoms with van der Waals surface area (Å²) in [6, 6.07) is 14.3. The molecule has 0 aliphatic carbocycles. The van der Waals surface area contributed by atoms with Gasteiger partial charge in [-0.1, -0.05) is 35.1 Å². The molecule has 1 N–H and O–H groups in total. The number of amides is 1. The van der Waals surface area contributed by atoms with E-state index >= 15 is 0 Å². The van der Waals surface area contributed by atoms with Crippen LogP contribution in [0.3, 0.4) is 0 Å². The number of aliphatic hydroxyl groups excluding tert-OH is 1. The summed E-state index contributed by atoms with van der Waals surface area (Å²) in [5.41, 5.74) is 0.883. The molecule has 0 spiro atoms. The molecular formula is C23H15ClN2O5S. The van der Waals surface area contributed by atoms with Gasteiger partial charge in [0.1, 0.15) is 23.3 Å². The van der Waals surface area contributed by atoms with Gasteiger partial charge in [-0.3, -0.25) is 14.5 Å². The van der Waals surface area contributed by atoms with Crippen LogP contribution in [-0.2, 0) is 9.59 Å². The number of ether oxygens (including phenoxy) is 1. The van der Waals surface area contributed by atoms with Crippen LogP contribution in [0.4, 0.5) is 5.13 Å². The van der Waals surface area contributed by atoms with Crippen molar-refractivity contribution in [3.8, 4) is 5.75 Å². The number of nitrogens with zero attached hydrogens (tertiary/aromatic N) is 2. The summed E-state index contributed by atoms with van der Waals surface area (Å²) in [6.07, 6.45) is 1.44. The lowest BCUT2D eigenvalue weighted by atomic mass is 9.99. The molecule has 3 heterocycles. The van der Waals surface area contributed by atoms with Crippen LogP contribution in [0.15, 0.2) is 70.9 Å². The van der Waals surface area contributed by atoms with E-state index in [9.17, 15) is 14.7 Å². The predicted octanol–water partition coefficient (Wildman–Crippen LogP) is 5.18. The van der Waals surface area contributed by atoms with E-state index in [0.717, 1.165) is 4.70 Å². The first-order chi connectivity index (χ1) is 15.5. The summed E-state index contributed by atoms with van der Waals surface area (Å²) in [6.45, 7) is 0. The maximum absolute atomic E-state index is 13.1. The second kappa shape index (κ2) is 7.81. The van der Waals surface area contributed by atoms with Gasteiger partial charge in [0.05, 0.1) is 34.2 Å². The van der Waals surface area contributed by atoms with Crippen LogP contribution in [0.1, 0.15) is 17.4 Å². The number of hydrogen-bond acceptors (Lipinski definition) is 7. The molecule has 2 aromatic carbocycles. The van der Waals surface area contributed by atoms with Crippen molar-refractivity contribution in [2.24, 2.45) is 0 Å². The summed E-state index contributed by atoms with van der Waals surface area (Å²) in [7, 11) is 1.44. The Bertz CT molecular complexity index is 1360. The van der Waals surface area contributed by atoms with E-state index in [1.165, 1.54) is 35.7 Å². The van der Waals surface area contributed by atoms with Crippen molar-refractivity contribution in [1.29, 1.82) is 0 Å². The number of aliphatic hydroxyl groups is 1. The quantitative estimate of drug-likeness (QED) is 0.253. The Kier molecular flexibility index (Phi) is 4.96. The lowest BCUT2D eigenvalue weighted by molar-refractivity contribution is -0.132. The van der Waals surface area contributed by atoms with E-state index in [4.69, 9.17) is 20.8 Å². The lowest BCUT2D eigenvalue weighted by Gasteiger charge is -2.20. The number of para-hydroxylation sites is 1. The molecular weight excluding hydrogens is 452 g/mol. The molecule has 160 valence electrons. The van der Waals surface area contributed by atoms with Crippen molar-refractivity contribution >= 4 is 55.7 Å². The van der Waals surface area contributed by atoms with Crippen LogP contribution in [0, 0.1) is 0 Å². The first kappa shape index (κ1) is 20.3. The van der Waals surface area contributed by atoms with Gasteiger partial charge in [-0.25, -0.2) is 4.98 Å². The summed E-state index contributed by atoms with van der Waals surface area (Å²) in [5, 5.41) is 11.8. The average molecular weight is 467 g/mol. The van der Waals surface area contributed by atoms with E-state index in [-0.39, 0.29) is 16.9 Å². The molecule has 2 aromatic heterocycles. The van der Waals surface area contributed by atoms with Crippen LogP contribution in [0.5, 0.6) is 5.75 Å². The molecule has 1 aliphatic rings. The second-order valence-electron chi connectivity index (χ2n) is 7.00.